The van der Waals surface area contributed by atoms with Gasteiger partial charge in [-0.3, -0.25) is 4.79 Å². The van der Waals surface area contributed by atoms with Crippen molar-refractivity contribution in [2.75, 3.05) is 13.1 Å². The van der Waals surface area contributed by atoms with Gasteiger partial charge in [0.2, 0.25) is 0 Å². The van der Waals surface area contributed by atoms with Crippen LogP contribution in [-0.2, 0) is 0 Å². The Balaban J connectivity index is 0.00000256. The minimum atomic E-state index is -0.352. The summed E-state index contributed by atoms with van der Waals surface area (Å²) in [5, 5.41) is 2.72. The van der Waals surface area contributed by atoms with Crippen molar-refractivity contribution < 1.29 is 9.18 Å². The Morgan fingerprint density at radius 3 is 2.71 bits per heavy atom. The molecule has 96 valence electrons. The second-order valence-corrected chi connectivity index (χ2v) is 3.72. The molecule has 1 aromatic rings. The van der Waals surface area contributed by atoms with E-state index in [9.17, 15) is 9.18 Å². The van der Waals surface area contributed by atoms with Crippen molar-refractivity contribution >= 4 is 18.3 Å². The number of unbranched alkanes of at least 4 members (excludes halogenated alkanes) is 1. The topological polar surface area (TPSA) is 55.1 Å². The van der Waals surface area contributed by atoms with E-state index in [1.54, 1.807) is 19.1 Å². The number of amides is 1. The van der Waals surface area contributed by atoms with Gasteiger partial charge in [0, 0.05) is 12.1 Å². The first-order valence-corrected chi connectivity index (χ1v) is 5.39. The zero-order chi connectivity index (χ0) is 12.0. The molecule has 1 rings (SSSR count). The number of rotatable bonds is 5. The lowest BCUT2D eigenvalue weighted by Gasteiger charge is -2.05. The molecule has 0 spiro atoms. The molecule has 0 aliphatic heterocycles. The maximum atomic E-state index is 13.2. The average molecular weight is 261 g/mol. The third-order valence-electron chi connectivity index (χ3n) is 2.35. The van der Waals surface area contributed by atoms with E-state index in [-0.39, 0.29) is 24.1 Å². The third kappa shape index (κ3) is 5.15. The lowest BCUT2D eigenvalue weighted by Crippen LogP contribution is -2.25. The minimum Gasteiger partial charge on any atom is -0.352 e. The lowest BCUT2D eigenvalue weighted by molar-refractivity contribution is 0.0952. The van der Waals surface area contributed by atoms with Crippen molar-refractivity contribution in [1.82, 2.24) is 5.32 Å². The molecule has 17 heavy (non-hydrogen) atoms. The van der Waals surface area contributed by atoms with Gasteiger partial charge < -0.3 is 11.1 Å². The van der Waals surface area contributed by atoms with Gasteiger partial charge in [0.1, 0.15) is 5.82 Å². The van der Waals surface area contributed by atoms with Gasteiger partial charge in [-0.2, -0.15) is 0 Å². The minimum absolute atomic E-state index is 0. The Morgan fingerprint density at radius 1 is 1.41 bits per heavy atom. The van der Waals surface area contributed by atoms with E-state index in [2.05, 4.69) is 5.32 Å². The molecule has 0 fully saturated rings. The maximum absolute atomic E-state index is 13.2. The molecule has 0 bridgehead atoms. The van der Waals surface area contributed by atoms with Crippen LogP contribution in [-0.4, -0.2) is 19.0 Å². The number of nitrogens with two attached hydrogens (primary N) is 1. The highest BCUT2D eigenvalue weighted by Crippen LogP contribution is 2.08. The van der Waals surface area contributed by atoms with Crippen molar-refractivity contribution in [2.45, 2.75) is 19.8 Å². The van der Waals surface area contributed by atoms with Crippen molar-refractivity contribution in [3.05, 3.63) is 35.1 Å². The molecule has 0 saturated heterocycles. The zero-order valence-corrected chi connectivity index (χ0v) is 10.6. The molecule has 0 radical (unpaired) electrons. The molecule has 0 atom stereocenters. The van der Waals surface area contributed by atoms with Crippen LogP contribution in [0.15, 0.2) is 18.2 Å². The fourth-order valence-corrected chi connectivity index (χ4v) is 1.31. The van der Waals surface area contributed by atoms with Crippen LogP contribution in [0.2, 0.25) is 0 Å². The summed E-state index contributed by atoms with van der Waals surface area (Å²) in [6.45, 7) is 2.86. The fourth-order valence-electron chi connectivity index (χ4n) is 1.31. The predicted molar refractivity (Wildman–Crippen MR) is 69.0 cm³/mol. The quantitative estimate of drug-likeness (QED) is 0.796. The summed E-state index contributed by atoms with van der Waals surface area (Å²) in [5.41, 5.74) is 6.23. The Labute approximate surface area is 107 Å². The van der Waals surface area contributed by atoms with Crippen LogP contribution in [0.25, 0.3) is 0 Å². The zero-order valence-electron chi connectivity index (χ0n) is 9.83. The highest BCUT2D eigenvalue weighted by Gasteiger charge is 2.06. The van der Waals surface area contributed by atoms with Crippen LogP contribution < -0.4 is 11.1 Å². The molecule has 0 heterocycles. The standard InChI is InChI=1S/C12H17FN2O.ClH/c1-9-4-5-10(8-11(9)13)12(16)15-7-3-2-6-14;/h4-5,8H,2-3,6-7,14H2,1H3,(H,15,16);1H. The summed E-state index contributed by atoms with van der Waals surface area (Å²) >= 11 is 0. The molecular weight excluding hydrogens is 243 g/mol. The summed E-state index contributed by atoms with van der Waals surface area (Å²) in [7, 11) is 0. The van der Waals surface area contributed by atoms with Crippen LogP contribution in [0.4, 0.5) is 4.39 Å². The monoisotopic (exact) mass is 260 g/mol. The molecule has 3 nitrogen and oxygen atoms in total. The number of benzene rings is 1. The SMILES string of the molecule is Cc1ccc(C(=O)NCCCCN)cc1F.Cl. The second-order valence-electron chi connectivity index (χ2n) is 3.72. The largest absolute Gasteiger partial charge is 0.352 e. The van der Waals surface area contributed by atoms with Crippen LogP contribution >= 0.6 is 12.4 Å². The van der Waals surface area contributed by atoms with E-state index in [1.807, 2.05) is 0 Å². The van der Waals surface area contributed by atoms with Crippen LogP contribution in [0.3, 0.4) is 0 Å². The van der Waals surface area contributed by atoms with Gasteiger partial charge in [-0.1, -0.05) is 6.07 Å². The van der Waals surface area contributed by atoms with Gasteiger partial charge in [-0.25, -0.2) is 4.39 Å². The van der Waals surface area contributed by atoms with Gasteiger partial charge in [-0.05, 0) is 44.0 Å². The fraction of sp³-hybridized carbons (Fsp3) is 0.417. The number of hydrogen-bond acceptors (Lipinski definition) is 2. The van der Waals surface area contributed by atoms with Gasteiger partial charge in [0.05, 0.1) is 0 Å². The first-order chi connectivity index (χ1) is 7.65. The van der Waals surface area contributed by atoms with Gasteiger partial charge >= 0.3 is 0 Å². The summed E-state index contributed by atoms with van der Waals surface area (Å²) < 4.78 is 13.2. The summed E-state index contributed by atoms with van der Waals surface area (Å²) in [6.07, 6.45) is 1.72. The molecule has 0 unspecified atom stereocenters. The molecule has 5 heteroatoms. The van der Waals surface area contributed by atoms with Gasteiger partial charge in [0.25, 0.3) is 5.91 Å². The summed E-state index contributed by atoms with van der Waals surface area (Å²) in [4.78, 5) is 11.6. The molecular formula is C12H18ClFN2O. The number of nitrogens with one attached hydrogen (secondary N) is 1. The smallest absolute Gasteiger partial charge is 0.251 e. The first-order valence-electron chi connectivity index (χ1n) is 5.39. The number of halogens is 2. The lowest BCUT2D eigenvalue weighted by atomic mass is 10.1. The summed E-state index contributed by atoms with van der Waals surface area (Å²) in [5.74, 6) is -0.592. The molecule has 0 aliphatic carbocycles. The van der Waals surface area contributed by atoms with E-state index in [0.717, 1.165) is 12.8 Å². The molecule has 0 aromatic heterocycles. The Morgan fingerprint density at radius 2 is 2.12 bits per heavy atom. The maximum Gasteiger partial charge on any atom is 0.251 e. The summed E-state index contributed by atoms with van der Waals surface area (Å²) in [6, 6.07) is 4.48. The number of carbonyl (C=O) groups is 1. The molecule has 0 aliphatic rings. The molecule has 0 saturated carbocycles. The first kappa shape index (κ1) is 15.9. The van der Waals surface area contributed by atoms with Crippen molar-refractivity contribution in [2.24, 2.45) is 5.73 Å². The third-order valence-corrected chi connectivity index (χ3v) is 2.35. The van der Waals surface area contributed by atoms with E-state index in [1.165, 1.54) is 6.07 Å². The highest BCUT2D eigenvalue weighted by atomic mass is 35.5. The van der Waals surface area contributed by atoms with Crippen molar-refractivity contribution in [3.63, 3.8) is 0 Å². The molecule has 1 amide bonds. The number of hydrogen-bond donors (Lipinski definition) is 2. The van der Waals surface area contributed by atoms with Crippen molar-refractivity contribution in [3.8, 4) is 0 Å². The van der Waals surface area contributed by atoms with E-state index in [4.69, 9.17) is 5.73 Å². The van der Waals surface area contributed by atoms with Crippen LogP contribution in [0, 0.1) is 12.7 Å². The Kier molecular flexibility index (Phi) is 7.50. The van der Waals surface area contributed by atoms with E-state index >= 15 is 0 Å². The average Bonchev–Trinajstić information content (AvgIpc) is 2.28. The second kappa shape index (κ2) is 8.03. The van der Waals surface area contributed by atoms with Crippen molar-refractivity contribution in [1.29, 1.82) is 0 Å². The van der Waals surface area contributed by atoms with Crippen LogP contribution in [0.5, 0.6) is 0 Å². The van der Waals surface area contributed by atoms with E-state index < -0.39 is 0 Å². The number of carbonyl (C=O) groups excluding carboxylic acids is 1. The van der Waals surface area contributed by atoms with Gasteiger partial charge in [0.15, 0.2) is 0 Å². The predicted octanol–water partition coefficient (Wildman–Crippen LogP) is 2.02. The number of aryl methyl sites for hydroxylation is 1. The molecule has 1 aromatic carbocycles. The Hall–Kier alpha value is -1.13. The Bertz CT molecular complexity index is 372. The normalized spacial score (nSPS) is 9.59. The molecule has 3 N–H and O–H groups in total. The highest BCUT2D eigenvalue weighted by molar-refractivity contribution is 5.94. The van der Waals surface area contributed by atoms with Gasteiger partial charge in [-0.15, -0.1) is 12.4 Å². The van der Waals surface area contributed by atoms with Crippen LogP contribution in [0.1, 0.15) is 28.8 Å². The van der Waals surface area contributed by atoms with E-state index in [0.29, 0.717) is 24.2 Å².